The van der Waals surface area contributed by atoms with Gasteiger partial charge in [0.1, 0.15) is 6.61 Å². The molecule has 0 radical (unpaired) electrons. The van der Waals surface area contributed by atoms with Crippen LogP contribution in [-0.4, -0.2) is 15.9 Å². The van der Waals surface area contributed by atoms with Crippen molar-refractivity contribution in [3.8, 4) is 5.75 Å². The lowest BCUT2D eigenvalue weighted by Crippen LogP contribution is -2.34. The lowest BCUT2D eigenvalue weighted by atomic mass is 9.85. The maximum Gasteiger partial charge on any atom is 0.223 e. The van der Waals surface area contributed by atoms with E-state index in [4.69, 9.17) is 4.74 Å². The molecule has 0 spiro atoms. The van der Waals surface area contributed by atoms with Crippen LogP contribution >= 0.6 is 11.3 Å². The Kier molecular flexibility index (Phi) is 4.40. The average molecular weight is 359 g/mol. The summed E-state index contributed by atoms with van der Waals surface area (Å²) >= 11 is 1.47. The first-order valence-corrected chi connectivity index (χ1v) is 9.22. The topological polar surface area (TPSA) is 67.0 Å². The van der Waals surface area contributed by atoms with Crippen LogP contribution in [0.25, 0.3) is 10.9 Å². The zero-order valence-corrected chi connectivity index (χ0v) is 14.4. The number of aromatic amines is 1. The maximum atomic E-state index is 14.2. The monoisotopic (exact) mass is 359 g/mol. The summed E-state index contributed by atoms with van der Waals surface area (Å²) in [6.45, 7) is 0.650. The number of nitrogens with one attached hydrogen (secondary N) is 2. The molecule has 5 nitrogen and oxygen atoms in total. The zero-order valence-electron chi connectivity index (χ0n) is 13.5. The molecule has 0 aliphatic heterocycles. The first-order valence-electron chi connectivity index (χ1n) is 8.28. The number of aromatic nitrogens is 2. The molecule has 25 heavy (non-hydrogen) atoms. The molecule has 2 aromatic heterocycles. The lowest BCUT2D eigenvalue weighted by molar-refractivity contribution is -0.127. The highest BCUT2D eigenvalue weighted by molar-refractivity contribution is 7.07. The Balaban J connectivity index is 1.45. The molecule has 1 amide bonds. The maximum absolute atomic E-state index is 14.2. The standard InChI is InChI=1S/C18H18FN3O2S/c19-15-5-12-4-13(7-20-18(23)11-2-1-3-11)22-16(12)6-17(15)24-8-14-9-25-10-21-14/h4-6,9-11,22H,1-3,7-8H2,(H,20,23). The van der Waals surface area contributed by atoms with E-state index in [1.807, 2.05) is 11.4 Å². The van der Waals surface area contributed by atoms with Gasteiger partial charge in [-0.3, -0.25) is 4.79 Å². The number of hydrogen-bond acceptors (Lipinski definition) is 4. The predicted octanol–water partition coefficient (Wildman–Crippen LogP) is 3.76. The van der Waals surface area contributed by atoms with Gasteiger partial charge in [0.2, 0.25) is 5.91 Å². The van der Waals surface area contributed by atoms with Crippen LogP contribution in [-0.2, 0) is 17.9 Å². The van der Waals surface area contributed by atoms with Crippen molar-refractivity contribution in [2.75, 3.05) is 0 Å². The lowest BCUT2D eigenvalue weighted by Gasteiger charge is -2.23. The highest BCUT2D eigenvalue weighted by Crippen LogP contribution is 2.27. The number of benzene rings is 1. The molecule has 7 heteroatoms. The molecule has 0 unspecified atom stereocenters. The molecule has 2 heterocycles. The smallest absolute Gasteiger partial charge is 0.223 e. The van der Waals surface area contributed by atoms with Crippen LogP contribution in [0.3, 0.4) is 0 Å². The molecular weight excluding hydrogens is 341 g/mol. The van der Waals surface area contributed by atoms with Crippen LogP contribution < -0.4 is 10.1 Å². The van der Waals surface area contributed by atoms with E-state index in [0.717, 1.165) is 41.6 Å². The molecule has 1 aromatic carbocycles. The van der Waals surface area contributed by atoms with Gasteiger partial charge in [-0.25, -0.2) is 9.37 Å². The van der Waals surface area contributed by atoms with Crippen molar-refractivity contribution in [3.05, 3.63) is 46.3 Å². The van der Waals surface area contributed by atoms with Gasteiger partial charge in [0.15, 0.2) is 11.6 Å². The summed E-state index contributed by atoms with van der Waals surface area (Å²) in [6.07, 6.45) is 3.08. The molecule has 0 saturated heterocycles. The Morgan fingerprint density at radius 2 is 2.28 bits per heavy atom. The van der Waals surface area contributed by atoms with E-state index in [9.17, 15) is 9.18 Å². The van der Waals surface area contributed by atoms with E-state index >= 15 is 0 Å². The molecule has 1 fully saturated rings. The third kappa shape index (κ3) is 3.51. The number of carbonyl (C=O) groups is 1. The van der Waals surface area contributed by atoms with Crippen LogP contribution in [0.15, 0.2) is 29.1 Å². The SMILES string of the molecule is O=C(NCc1cc2cc(F)c(OCc3cscn3)cc2[nH]1)C1CCC1. The predicted molar refractivity (Wildman–Crippen MR) is 93.9 cm³/mol. The van der Waals surface area contributed by atoms with Crippen molar-refractivity contribution in [1.82, 2.24) is 15.3 Å². The van der Waals surface area contributed by atoms with Gasteiger partial charge in [-0.05, 0) is 25.0 Å². The minimum absolute atomic E-state index is 0.100. The van der Waals surface area contributed by atoms with Gasteiger partial charge in [-0.15, -0.1) is 11.3 Å². The highest BCUT2D eigenvalue weighted by atomic mass is 32.1. The summed E-state index contributed by atoms with van der Waals surface area (Å²) in [5.74, 6) is 0.0371. The Hall–Kier alpha value is -2.41. The number of rotatable bonds is 6. The molecule has 4 rings (SSSR count). The van der Waals surface area contributed by atoms with Crippen molar-refractivity contribution < 1.29 is 13.9 Å². The first kappa shape index (κ1) is 16.1. The Labute approximate surface area is 148 Å². The molecule has 1 aliphatic rings. The normalized spacial score (nSPS) is 14.4. The molecule has 0 bridgehead atoms. The second-order valence-corrected chi connectivity index (χ2v) is 7.00. The van der Waals surface area contributed by atoms with E-state index in [1.165, 1.54) is 17.4 Å². The molecule has 1 aliphatic carbocycles. The Bertz CT molecular complexity index is 887. The molecule has 130 valence electrons. The van der Waals surface area contributed by atoms with Gasteiger partial charge < -0.3 is 15.0 Å². The zero-order chi connectivity index (χ0) is 17.2. The van der Waals surface area contributed by atoms with Gasteiger partial charge in [0.05, 0.1) is 17.7 Å². The van der Waals surface area contributed by atoms with Crippen LogP contribution in [0, 0.1) is 11.7 Å². The van der Waals surface area contributed by atoms with Gasteiger partial charge in [0.25, 0.3) is 0 Å². The fourth-order valence-electron chi connectivity index (χ4n) is 2.86. The van der Waals surface area contributed by atoms with Gasteiger partial charge >= 0.3 is 0 Å². The number of amides is 1. The summed E-state index contributed by atoms with van der Waals surface area (Å²) < 4.78 is 19.7. The van der Waals surface area contributed by atoms with Crippen molar-refractivity contribution in [2.45, 2.75) is 32.4 Å². The van der Waals surface area contributed by atoms with Gasteiger partial charge in [-0.2, -0.15) is 0 Å². The van der Waals surface area contributed by atoms with Crippen molar-refractivity contribution in [2.24, 2.45) is 5.92 Å². The number of thiazole rings is 1. The number of H-pyrrole nitrogens is 1. The fourth-order valence-corrected chi connectivity index (χ4v) is 3.40. The Morgan fingerprint density at radius 1 is 1.40 bits per heavy atom. The van der Waals surface area contributed by atoms with Crippen molar-refractivity contribution in [3.63, 3.8) is 0 Å². The summed E-state index contributed by atoms with van der Waals surface area (Å²) in [5, 5.41) is 5.56. The highest BCUT2D eigenvalue weighted by Gasteiger charge is 2.24. The van der Waals surface area contributed by atoms with Gasteiger partial charge in [0, 0.05) is 34.0 Å². The average Bonchev–Trinajstić information content (AvgIpc) is 3.17. The van der Waals surface area contributed by atoms with Crippen molar-refractivity contribution in [1.29, 1.82) is 0 Å². The Morgan fingerprint density at radius 3 is 3.00 bits per heavy atom. The quantitative estimate of drug-likeness (QED) is 0.704. The summed E-state index contributed by atoms with van der Waals surface area (Å²) in [7, 11) is 0. The van der Waals surface area contributed by atoms with Crippen LogP contribution in [0.5, 0.6) is 5.75 Å². The summed E-state index contributed by atoms with van der Waals surface area (Å²) in [4.78, 5) is 19.2. The number of fused-ring (bicyclic) bond motifs is 1. The summed E-state index contributed by atoms with van der Waals surface area (Å²) in [5.41, 5.74) is 4.12. The first-order chi connectivity index (χ1) is 12.2. The molecular formula is C18H18FN3O2S. The largest absolute Gasteiger partial charge is 0.484 e. The van der Waals surface area contributed by atoms with E-state index in [2.05, 4.69) is 15.3 Å². The van der Waals surface area contributed by atoms with Crippen molar-refractivity contribution >= 4 is 28.1 Å². The van der Waals surface area contributed by atoms with E-state index in [-0.39, 0.29) is 24.2 Å². The van der Waals surface area contributed by atoms with E-state index in [1.54, 1.807) is 11.6 Å². The number of carbonyl (C=O) groups excluding carboxylic acids is 1. The molecule has 0 atom stereocenters. The minimum Gasteiger partial charge on any atom is -0.484 e. The van der Waals surface area contributed by atoms with E-state index < -0.39 is 5.82 Å². The minimum atomic E-state index is -0.410. The third-order valence-corrected chi connectivity index (χ3v) is 5.15. The molecule has 3 aromatic rings. The summed E-state index contributed by atoms with van der Waals surface area (Å²) in [6, 6.07) is 4.94. The second-order valence-electron chi connectivity index (χ2n) is 6.28. The number of ether oxygens (including phenoxy) is 1. The van der Waals surface area contributed by atoms with E-state index in [0.29, 0.717) is 6.54 Å². The number of hydrogen-bond donors (Lipinski definition) is 2. The number of halogens is 1. The van der Waals surface area contributed by atoms with Crippen LogP contribution in [0.1, 0.15) is 30.7 Å². The van der Waals surface area contributed by atoms with Crippen LogP contribution in [0.4, 0.5) is 4.39 Å². The van der Waals surface area contributed by atoms with Crippen LogP contribution in [0.2, 0.25) is 0 Å². The number of nitrogens with zero attached hydrogens (tertiary/aromatic N) is 1. The third-order valence-electron chi connectivity index (χ3n) is 4.52. The van der Waals surface area contributed by atoms with Gasteiger partial charge in [-0.1, -0.05) is 6.42 Å². The molecule has 2 N–H and O–H groups in total. The molecule has 1 saturated carbocycles. The fraction of sp³-hybridized carbons (Fsp3) is 0.333. The second kappa shape index (κ2) is 6.84.